The molecule has 11 heteroatoms. The smallest absolute Gasteiger partial charge is 0.244 e. The molecule has 0 aromatic heterocycles. The summed E-state index contributed by atoms with van der Waals surface area (Å²) in [5, 5.41) is 3.34. The average Bonchev–Trinajstić information content (AvgIpc) is 2.90. The van der Waals surface area contributed by atoms with Gasteiger partial charge in [0.05, 0.1) is 11.4 Å². The lowest BCUT2D eigenvalue weighted by Crippen LogP contribution is -2.52. The Hall–Kier alpha value is -2.98. The minimum Gasteiger partial charge on any atom is -0.486 e. The molecular weight excluding hydrogens is 518 g/mol. The maximum atomic E-state index is 13.7. The van der Waals surface area contributed by atoms with Crippen LogP contribution in [0.4, 0.5) is 5.69 Å². The van der Waals surface area contributed by atoms with E-state index in [2.05, 4.69) is 5.32 Å². The second kappa shape index (κ2) is 12.5. The maximum Gasteiger partial charge on any atom is 0.244 e. The van der Waals surface area contributed by atoms with Crippen LogP contribution in [0.25, 0.3) is 0 Å². The van der Waals surface area contributed by atoms with E-state index in [0.717, 1.165) is 10.7 Å². The third-order valence-corrected chi connectivity index (χ3v) is 8.37. The standard InChI is InChI=1S/C26H34ClN3O6S/c1-5-18(3)28-26(32)19(4)29(16-20-9-7-8-10-22(20)27)25(31)17-30(37(33,34)6-2)21-11-12-23-24(15-21)36-14-13-35-23/h7-12,15,18-19H,5-6,13-14,16-17H2,1-4H3,(H,28,32)/t18-,19+/m0/s1. The molecule has 1 aliphatic rings. The van der Waals surface area contributed by atoms with Crippen LogP contribution < -0.4 is 19.1 Å². The predicted molar refractivity (Wildman–Crippen MR) is 144 cm³/mol. The van der Waals surface area contributed by atoms with E-state index in [4.69, 9.17) is 21.1 Å². The molecule has 3 rings (SSSR count). The second-order valence-corrected chi connectivity index (χ2v) is 11.4. The van der Waals surface area contributed by atoms with Crippen molar-refractivity contribution in [3.63, 3.8) is 0 Å². The monoisotopic (exact) mass is 551 g/mol. The summed E-state index contributed by atoms with van der Waals surface area (Å²) >= 11 is 6.36. The Morgan fingerprint density at radius 2 is 1.73 bits per heavy atom. The number of carbonyl (C=O) groups excluding carboxylic acids is 2. The van der Waals surface area contributed by atoms with Crippen molar-refractivity contribution < 1.29 is 27.5 Å². The Kier molecular flexibility index (Phi) is 9.67. The minimum atomic E-state index is -3.86. The molecule has 0 unspecified atom stereocenters. The van der Waals surface area contributed by atoms with E-state index >= 15 is 0 Å². The first-order valence-electron chi connectivity index (χ1n) is 12.3. The second-order valence-electron chi connectivity index (χ2n) is 8.84. The average molecular weight is 552 g/mol. The number of amides is 2. The first-order valence-corrected chi connectivity index (χ1v) is 14.3. The van der Waals surface area contributed by atoms with E-state index in [-0.39, 0.29) is 29.9 Å². The Balaban J connectivity index is 1.95. The highest BCUT2D eigenvalue weighted by Gasteiger charge is 2.32. The Morgan fingerprint density at radius 3 is 2.38 bits per heavy atom. The lowest BCUT2D eigenvalue weighted by atomic mass is 10.1. The molecule has 2 atom stereocenters. The zero-order valence-electron chi connectivity index (χ0n) is 21.6. The summed E-state index contributed by atoms with van der Waals surface area (Å²) in [6, 6.07) is 10.8. The minimum absolute atomic E-state index is 0.0365. The highest BCUT2D eigenvalue weighted by molar-refractivity contribution is 7.92. The number of nitrogens with zero attached hydrogens (tertiary/aromatic N) is 2. The van der Waals surface area contributed by atoms with Gasteiger partial charge in [0.15, 0.2) is 11.5 Å². The van der Waals surface area contributed by atoms with E-state index in [0.29, 0.717) is 35.3 Å². The molecule has 2 aromatic carbocycles. The third kappa shape index (κ3) is 7.07. The van der Waals surface area contributed by atoms with Crippen molar-refractivity contribution >= 4 is 39.1 Å². The maximum absolute atomic E-state index is 13.7. The fourth-order valence-corrected chi connectivity index (χ4v) is 5.01. The molecule has 9 nitrogen and oxygen atoms in total. The Labute approximate surface area is 223 Å². The fraction of sp³-hybridized carbons (Fsp3) is 0.462. The van der Waals surface area contributed by atoms with Crippen LogP contribution >= 0.6 is 11.6 Å². The number of hydrogen-bond donors (Lipinski definition) is 1. The van der Waals surface area contributed by atoms with Gasteiger partial charge in [-0.2, -0.15) is 0 Å². The quantitative estimate of drug-likeness (QED) is 0.457. The number of carbonyl (C=O) groups is 2. The molecule has 0 radical (unpaired) electrons. The fourth-order valence-electron chi connectivity index (χ4n) is 3.77. The van der Waals surface area contributed by atoms with Crippen molar-refractivity contribution in [1.82, 2.24) is 10.2 Å². The lowest BCUT2D eigenvalue weighted by molar-refractivity contribution is -0.139. The van der Waals surface area contributed by atoms with E-state index in [1.807, 2.05) is 13.8 Å². The summed E-state index contributed by atoms with van der Waals surface area (Å²) in [5.41, 5.74) is 0.916. The van der Waals surface area contributed by atoms with Crippen LogP contribution in [0.15, 0.2) is 42.5 Å². The van der Waals surface area contributed by atoms with Gasteiger partial charge >= 0.3 is 0 Å². The van der Waals surface area contributed by atoms with E-state index in [9.17, 15) is 18.0 Å². The van der Waals surface area contributed by atoms with Gasteiger partial charge in [-0.3, -0.25) is 13.9 Å². The van der Waals surface area contributed by atoms with E-state index in [1.54, 1.807) is 49.4 Å². The molecule has 0 aliphatic carbocycles. The van der Waals surface area contributed by atoms with Crippen molar-refractivity contribution in [2.45, 2.75) is 52.7 Å². The van der Waals surface area contributed by atoms with Crippen LogP contribution in [0.2, 0.25) is 5.02 Å². The molecule has 1 N–H and O–H groups in total. The van der Waals surface area contributed by atoms with Crippen molar-refractivity contribution in [3.05, 3.63) is 53.1 Å². The molecule has 0 spiro atoms. The summed E-state index contributed by atoms with van der Waals surface area (Å²) < 4.78 is 38.4. The molecule has 0 bridgehead atoms. The molecule has 0 saturated heterocycles. The topological polar surface area (TPSA) is 105 Å². The van der Waals surface area contributed by atoms with E-state index < -0.39 is 28.5 Å². The highest BCUT2D eigenvalue weighted by Crippen LogP contribution is 2.35. The molecular formula is C26H34ClN3O6S. The third-order valence-electron chi connectivity index (χ3n) is 6.26. The summed E-state index contributed by atoms with van der Waals surface area (Å²) in [6.07, 6.45) is 0.726. The number of fused-ring (bicyclic) bond motifs is 1. The van der Waals surface area contributed by atoms with Crippen molar-refractivity contribution in [3.8, 4) is 11.5 Å². The number of benzene rings is 2. The largest absolute Gasteiger partial charge is 0.486 e. The molecule has 1 aliphatic heterocycles. The van der Waals surface area contributed by atoms with Crippen LogP contribution in [0, 0.1) is 0 Å². The predicted octanol–water partition coefficient (Wildman–Crippen LogP) is 3.60. The molecule has 37 heavy (non-hydrogen) atoms. The van der Waals surface area contributed by atoms with Gasteiger partial charge in [0, 0.05) is 23.7 Å². The van der Waals surface area contributed by atoms with Crippen molar-refractivity contribution in [1.29, 1.82) is 0 Å². The first-order chi connectivity index (χ1) is 17.6. The number of sulfonamides is 1. The molecule has 0 saturated carbocycles. The van der Waals surface area contributed by atoms with Crippen molar-refractivity contribution in [2.24, 2.45) is 0 Å². The number of rotatable bonds is 11. The van der Waals surface area contributed by atoms with Gasteiger partial charge in [-0.15, -0.1) is 0 Å². The summed E-state index contributed by atoms with van der Waals surface area (Å²) in [5.74, 6) is -0.186. The van der Waals surface area contributed by atoms with Crippen LogP contribution in [-0.4, -0.2) is 62.7 Å². The van der Waals surface area contributed by atoms with Crippen molar-refractivity contribution in [2.75, 3.05) is 29.8 Å². The summed E-state index contributed by atoms with van der Waals surface area (Å²) in [6.45, 7) is 7.23. The number of nitrogens with one attached hydrogen (secondary N) is 1. The highest BCUT2D eigenvalue weighted by atomic mass is 35.5. The Bertz CT molecular complexity index is 1220. The van der Waals surface area contributed by atoms with Crippen LogP contribution in [0.1, 0.15) is 39.7 Å². The number of ether oxygens (including phenoxy) is 2. The van der Waals surface area contributed by atoms with Gasteiger partial charge in [0.2, 0.25) is 21.8 Å². The van der Waals surface area contributed by atoms with Crippen LogP contribution in [0.5, 0.6) is 11.5 Å². The molecule has 1 heterocycles. The van der Waals surface area contributed by atoms with Crippen LogP contribution in [0.3, 0.4) is 0 Å². The normalized spacial score (nSPS) is 14.4. The summed E-state index contributed by atoms with van der Waals surface area (Å²) in [7, 11) is -3.86. The Morgan fingerprint density at radius 1 is 1.05 bits per heavy atom. The zero-order valence-corrected chi connectivity index (χ0v) is 23.1. The number of hydrogen-bond acceptors (Lipinski definition) is 6. The molecule has 202 valence electrons. The SMILES string of the molecule is CC[C@H](C)NC(=O)[C@@H](C)N(Cc1ccccc1Cl)C(=O)CN(c1ccc2c(c1)OCCO2)S(=O)(=O)CC. The van der Waals surface area contributed by atoms with Gasteiger partial charge in [-0.05, 0) is 51.0 Å². The van der Waals surface area contributed by atoms with Gasteiger partial charge in [0.1, 0.15) is 25.8 Å². The van der Waals surface area contributed by atoms with E-state index in [1.165, 1.54) is 11.8 Å². The van der Waals surface area contributed by atoms with Gasteiger partial charge < -0.3 is 19.7 Å². The molecule has 2 amide bonds. The van der Waals surface area contributed by atoms with Gasteiger partial charge in [-0.25, -0.2) is 8.42 Å². The summed E-state index contributed by atoms with van der Waals surface area (Å²) in [4.78, 5) is 28.1. The number of anilines is 1. The van der Waals surface area contributed by atoms with Gasteiger partial charge in [-0.1, -0.05) is 36.7 Å². The number of halogens is 1. The molecule has 2 aromatic rings. The zero-order chi connectivity index (χ0) is 27.2. The lowest BCUT2D eigenvalue weighted by Gasteiger charge is -2.32. The first kappa shape index (κ1) is 28.6. The molecule has 0 fully saturated rings. The van der Waals surface area contributed by atoms with Crippen LogP contribution in [-0.2, 0) is 26.2 Å². The van der Waals surface area contributed by atoms with Gasteiger partial charge in [0.25, 0.3) is 0 Å².